The van der Waals surface area contributed by atoms with E-state index in [4.69, 9.17) is 4.74 Å². The van der Waals surface area contributed by atoms with Crippen molar-refractivity contribution in [3.05, 3.63) is 33.9 Å². The van der Waals surface area contributed by atoms with Crippen LogP contribution < -0.4 is 10.6 Å². The van der Waals surface area contributed by atoms with E-state index >= 15 is 0 Å². The van der Waals surface area contributed by atoms with E-state index in [0.29, 0.717) is 12.1 Å². The first kappa shape index (κ1) is 21.5. The fourth-order valence-electron chi connectivity index (χ4n) is 2.87. The molecule has 28 heavy (non-hydrogen) atoms. The molecular weight excluding hydrogens is 383 g/mol. The smallest absolute Gasteiger partial charge is 0.416 e. The zero-order chi connectivity index (χ0) is 20.9. The number of nitrogens with zero attached hydrogens (tertiary/aromatic N) is 1. The second-order valence-corrected chi connectivity index (χ2v) is 6.51. The number of ether oxygens (including phenoxy) is 1. The van der Waals surface area contributed by atoms with Gasteiger partial charge in [-0.3, -0.25) is 14.9 Å². The van der Waals surface area contributed by atoms with Gasteiger partial charge in [0.2, 0.25) is 0 Å². The summed E-state index contributed by atoms with van der Waals surface area (Å²) in [5, 5.41) is 16.2. The number of nitro groups is 1. The number of anilines is 1. The fraction of sp³-hybridized carbons (Fsp3) is 0.529. The molecule has 154 valence electrons. The van der Waals surface area contributed by atoms with Crippen molar-refractivity contribution >= 4 is 23.3 Å². The SMILES string of the molecule is C[C@H](Nc1ccc(C(F)(F)F)cc1[N+](=O)[O-])C(=O)OCC(=O)NC1CCCC1. The van der Waals surface area contributed by atoms with Gasteiger partial charge >= 0.3 is 12.1 Å². The Hall–Kier alpha value is -2.85. The summed E-state index contributed by atoms with van der Waals surface area (Å²) in [6.07, 6.45) is -0.944. The highest BCUT2D eigenvalue weighted by atomic mass is 19.4. The lowest BCUT2D eigenvalue weighted by molar-refractivity contribution is -0.384. The lowest BCUT2D eigenvalue weighted by Gasteiger charge is -2.16. The van der Waals surface area contributed by atoms with Crippen LogP contribution >= 0.6 is 0 Å². The monoisotopic (exact) mass is 403 g/mol. The van der Waals surface area contributed by atoms with E-state index in [1.807, 2.05) is 0 Å². The average Bonchev–Trinajstić information content (AvgIpc) is 3.11. The summed E-state index contributed by atoms with van der Waals surface area (Å²) in [7, 11) is 0. The molecule has 8 nitrogen and oxygen atoms in total. The van der Waals surface area contributed by atoms with Gasteiger partial charge in [0, 0.05) is 12.1 Å². The number of esters is 1. The van der Waals surface area contributed by atoms with E-state index in [-0.39, 0.29) is 11.7 Å². The summed E-state index contributed by atoms with van der Waals surface area (Å²) in [5.74, 6) is -1.32. The summed E-state index contributed by atoms with van der Waals surface area (Å²) in [4.78, 5) is 33.8. The van der Waals surface area contributed by atoms with Crippen LogP contribution in [0, 0.1) is 10.1 Å². The normalized spacial score (nSPS) is 15.7. The zero-order valence-electron chi connectivity index (χ0n) is 15.0. The van der Waals surface area contributed by atoms with Crippen molar-refractivity contribution in [3.8, 4) is 0 Å². The van der Waals surface area contributed by atoms with Crippen molar-refractivity contribution in [2.24, 2.45) is 0 Å². The lowest BCUT2D eigenvalue weighted by atomic mass is 10.1. The summed E-state index contributed by atoms with van der Waals surface area (Å²) >= 11 is 0. The number of hydrogen-bond donors (Lipinski definition) is 2. The highest BCUT2D eigenvalue weighted by Gasteiger charge is 2.33. The molecule has 0 spiro atoms. The topological polar surface area (TPSA) is 111 Å². The maximum absolute atomic E-state index is 12.7. The van der Waals surface area contributed by atoms with Gasteiger partial charge in [0.1, 0.15) is 11.7 Å². The van der Waals surface area contributed by atoms with Crippen molar-refractivity contribution < 1.29 is 32.4 Å². The summed E-state index contributed by atoms with van der Waals surface area (Å²) in [5.41, 5.74) is -2.27. The lowest BCUT2D eigenvalue weighted by Crippen LogP contribution is -2.37. The van der Waals surface area contributed by atoms with Gasteiger partial charge < -0.3 is 15.4 Å². The molecule has 0 aliphatic heterocycles. The van der Waals surface area contributed by atoms with Gasteiger partial charge in [-0.2, -0.15) is 13.2 Å². The third-order valence-electron chi connectivity index (χ3n) is 4.31. The Morgan fingerprint density at radius 2 is 1.96 bits per heavy atom. The summed E-state index contributed by atoms with van der Waals surface area (Å²) in [6, 6.07) is 0.876. The van der Waals surface area contributed by atoms with Crippen LogP contribution in [-0.4, -0.2) is 35.5 Å². The van der Waals surface area contributed by atoms with Crippen molar-refractivity contribution in [3.63, 3.8) is 0 Å². The van der Waals surface area contributed by atoms with Crippen molar-refractivity contribution in [1.29, 1.82) is 0 Å². The molecule has 1 aromatic rings. The Labute approximate surface area is 158 Å². The van der Waals surface area contributed by atoms with Crippen LogP contribution in [0.3, 0.4) is 0 Å². The Morgan fingerprint density at radius 3 is 2.54 bits per heavy atom. The summed E-state index contributed by atoms with van der Waals surface area (Å²) < 4.78 is 43.0. The number of benzene rings is 1. The number of carbonyl (C=O) groups excluding carboxylic acids is 2. The van der Waals surface area contributed by atoms with Gasteiger partial charge in [-0.15, -0.1) is 0 Å². The minimum absolute atomic E-state index is 0.0662. The maximum atomic E-state index is 12.7. The second-order valence-electron chi connectivity index (χ2n) is 6.51. The minimum atomic E-state index is -4.74. The third-order valence-corrected chi connectivity index (χ3v) is 4.31. The average molecular weight is 403 g/mol. The van der Waals surface area contributed by atoms with Crippen molar-refractivity contribution in [1.82, 2.24) is 5.32 Å². The Morgan fingerprint density at radius 1 is 1.32 bits per heavy atom. The first-order valence-electron chi connectivity index (χ1n) is 8.66. The quantitative estimate of drug-likeness (QED) is 0.411. The molecule has 1 aliphatic carbocycles. The molecule has 1 aliphatic rings. The number of carbonyl (C=O) groups is 2. The molecule has 1 fully saturated rings. The van der Waals surface area contributed by atoms with Gasteiger partial charge in [-0.25, -0.2) is 4.79 Å². The van der Waals surface area contributed by atoms with E-state index in [9.17, 15) is 32.9 Å². The minimum Gasteiger partial charge on any atom is -0.454 e. The van der Waals surface area contributed by atoms with Crippen LogP contribution in [-0.2, 0) is 20.5 Å². The molecule has 1 aromatic carbocycles. The van der Waals surface area contributed by atoms with Crippen LogP contribution in [0.25, 0.3) is 0 Å². The number of nitro benzene ring substituents is 1. The van der Waals surface area contributed by atoms with Gasteiger partial charge in [0.05, 0.1) is 10.5 Å². The van der Waals surface area contributed by atoms with Crippen LogP contribution in [0.1, 0.15) is 38.2 Å². The Kier molecular flexibility index (Phi) is 6.81. The number of nitrogens with one attached hydrogen (secondary N) is 2. The second kappa shape index (κ2) is 8.89. The molecular formula is C17H20F3N3O5. The standard InChI is InChI=1S/C17H20F3N3O5/c1-10(16(25)28-9-15(24)22-12-4-2-3-5-12)21-13-7-6-11(17(18,19)20)8-14(13)23(26)27/h6-8,10,12,21H,2-5,9H2,1H3,(H,22,24)/t10-/m0/s1. The first-order chi connectivity index (χ1) is 13.1. The molecule has 2 rings (SSSR count). The molecule has 1 saturated carbocycles. The zero-order valence-corrected chi connectivity index (χ0v) is 15.0. The van der Waals surface area contributed by atoms with Gasteiger partial charge in [0.25, 0.3) is 11.6 Å². The molecule has 11 heteroatoms. The van der Waals surface area contributed by atoms with Gasteiger partial charge in [-0.05, 0) is 31.9 Å². The van der Waals surface area contributed by atoms with E-state index in [1.165, 1.54) is 6.92 Å². The van der Waals surface area contributed by atoms with E-state index in [0.717, 1.165) is 31.7 Å². The van der Waals surface area contributed by atoms with Crippen molar-refractivity contribution in [2.45, 2.75) is 50.9 Å². The summed E-state index contributed by atoms with van der Waals surface area (Å²) in [6.45, 7) is 0.815. The number of halogens is 3. The molecule has 0 aromatic heterocycles. The number of rotatable bonds is 7. The van der Waals surface area contributed by atoms with Crippen molar-refractivity contribution in [2.75, 3.05) is 11.9 Å². The molecule has 1 amide bonds. The van der Waals surface area contributed by atoms with Gasteiger partial charge in [-0.1, -0.05) is 12.8 Å². The first-order valence-corrected chi connectivity index (χ1v) is 8.66. The van der Waals surface area contributed by atoms with E-state index in [1.54, 1.807) is 0 Å². The predicted octanol–water partition coefficient (Wildman–Crippen LogP) is 3.02. The molecule has 0 unspecified atom stereocenters. The largest absolute Gasteiger partial charge is 0.454 e. The third kappa shape index (κ3) is 5.83. The van der Waals surface area contributed by atoms with E-state index in [2.05, 4.69) is 10.6 Å². The highest BCUT2D eigenvalue weighted by molar-refractivity contribution is 5.84. The van der Waals surface area contributed by atoms with Crippen LogP contribution in [0.2, 0.25) is 0 Å². The number of alkyl halides is 3. The molecule has 0 heterocycles. The van der Waals surface area contributed by atoms with Crippen LogP contribution in [0.15, 0.2) is 18.2 Å². The van der Waals surface area contributed by atoms with Crippen LogP contribution in [0.5, 0.6) is 0 Å². The molecule has 0 bridgehead atoms. The highest BCUT2D eigenvalue weighted by Crippen LogP contribution is 2.35. The van der Waals surface area contributed by atoms with E-state index < -0.39 is 46.9 Å². The number of amides is 1. The number of hydrogen-bond acceptors (Lipinski definition) is 6. The fourth-order valence-corrected chi connectivity index (χ4v) is 2.87. The molecule has 1 atom stereocenters. The maximum Gasteiger partial charge on any atom is 0.416 e. The Balaban J connectivity index is 1.95. The Bertz CT molecular complexity index is 748. The molecule has 2 N–H and O–H groups in total. The van der Waals surface area contributed by atoms with Gasteiger partial charge in [0.15, 0.2) is 6.61 Å². The predicted molar refractivity (Wildman–Crippen MR) is 92.5 cm³/mol. The molecule has 0 saturated heterocycles. The van der Waals surface area contributed by atoms with Crippen LogP contribution in [0.4, 0.5) is 24.5 Å². The molecule has 0 radical (unpaired) electrons.